The van der Waals surface area contributed by atoms with E-state index in [9.17, 15) is 5.11 Å². The summed E-state index contributed by atoms with van der Waals surface area (Å²) in [4.78, 5) is 0. The van der Waals surface area contributed by atoms with Crippen molar-refractivity contribution in [1.82, 2.24) is 0 Å². The van der Waals surface area contributed by atoms with E-state index in [-0.39, 0.29) is 18.1 Å². The van der Waals surface area contributed by atoms with Gasteiger partial charge in [0, 0.05) is 0 Å². The first-order valence-electron chi connectivity index (χ1n) is 15.9. The van der Waals surface area contributed by atoms with Gasteiger partial charge in [0.25, 0.3) is 0 Å². The van der Waals surface area contributed by atoms with Gasteiger partial charge in [-0.05, 0) is 103 Å². The molecule has 2 unspecified atom stereocenters. The van der Waals surface area contributed by atoms with Crippen LogP contribution in [0.1, 0.15) is 107 Å². The summed E-state index contributed by atoms with van der Waals surface area (Å²) in [6, 6.07) is 0. The molecule has 0 aromatic heterocycles. The number of aliphatic hydroxyl groups excluding tert-OH is 2. The van der Waals surface area contributed by atoms with Crippen LogP contribution < -0.4 is 0 Å². The van der Waals surface area contributed by atoms with Gasteiger partial charge in [0.2, 0.25) is 0 Å². The third-order valence-corrected chi connectivity index (χ3v) is 7.89. The number of hydrogen-bond donors (Lipinski definition) is 2. The highest BCUT2D eigenvalue weighted by atomic mass is 16.3. The summed E-state index contributed by atoms with van der Waals surface area (Å²) in [6.07, 6.45) is 35.2. The van der Waals surface area contributed by atoms with Gasteiger partial charge < -0.3 is 10.2 Å². The molecule has 0 aromatic carbocycles. The van der Waals surface area contributed by atoms with E-state index in [2.05, 4.69) is 134 Å². The lowest BCUT2D eigenvalue weighted by molar-refractivity contribution is 0.116. The molecule has 2 nitrogen and oxygen atoms in total. The van der Waals surface area contributed by atoms with E-state index in [0.29, 0.717) is 5.92 Å². The molecule has 232 valence electrons. The third-order valence-electron chi connectivity index (χ3n) is 7.89. The SMILES string of the molecule is CC1=C(/C=C/C(C)=C/C=C/C(C)=C/C=C/C=C(C)/C=C/CC(C)CC/C=C(\C)CC/C=C(/C)CO)C(C)(C)CC(O)C1. The molecule has 0 aromatic rings. The zero-order chi connectivity index (χ0) is 31.5. The fourth-order valence-corrected chi connectivity index (χ4v) is 5.26. The lowest BCUT2D eigenvalue weighted by Crippen LogP contribution is -2.28. The Morgan fingerprint density at radius 3 is 2.10 bits per heavy atom. The fraction of sp³-hybridized carbons (Fsp3) is 0.500. The normalized spacial score (nSPS) is 20.7. The van der Waals surface area contributed by atoms with Crippen LogP contribution in [0.2, 0.25) is 0 Å². The van der Waals surface area contributed by atoms with Crippen molar-refractivity contribution < 1.29 is 10.2 Å². The van der Waals surface area contributed by atoms with E-state index in [1.165, 1.54) is 39.9 Å². The minimum Gasteiger partial charge on any atom is -0.393 e. The Bertz CT molecular complexity index is 1140. The van der Waals surface area contributed by atoms with Gasteiger partial charge in [0.1, 0.15) is 0 Å². The second-order valence-electron chi connectivity index (χ2n) is 13.1. The van der Waals surface area contributed by atoms with E-state index < -0.39 is 0 Å². The first-order chi connectivity index (χ1) is 19.8. The molecule has 0 heterocycles. The van der Waals surface area contributed by atoms with E-state index in [1.54, 1.807) is 0 Å². The molecule has 1 aliphatic carbocycles. The number of hydrogen-bond acceptors (Lipinski definition) is 2. The first kappa shape index (κ1) is 37.3. The maximum atomic E-state index is 10.1. The van der Waals surface area contributed by atoms with Crippen LogP contribution in [0.5, 0.6) is 0 Å². The Morgan fingerprint density at radius 2 is 1.45 bits per heavy atom. The van der Waals surface area contributed by atoms with Crippen molar-refractivity contribution in [2.75, 3.05) is 6.61 Å². The highest BCUT2D eigenvalue weighted by Gasteiger charge is 2.31. The smallest absolute Gasteiger partial charge is 0.0639 e. The maximum Gasteiger partial charge on any atom is 0.0639 e. The third kappa shape index (κ3) is 16.7. The highest BCUT2D eigenvalue weighted by molar-refractivity contribution is 5.38. The van der Waals surface area contributed by atoms with E-state index in [0.717, 1.165) is 44.1 Å². The largest absolute Gasteiger partial charge is 0.393 e. The zero-order valence-corrected chi connectivity index (χ0v) is 28.2. The molecule has 0 bridgehead atoms. The van der Waals surface area contributed by atoms with Crippen molar-refractivity contribution in [3.05, 3.63) is 118 Å². The Balaban J connectivity index is 2.47. The molecule has 0 saturated heterocycles. The minimum atomic E-state index is -0.222. The molecule has 42 heavy (non-hydrogen) atoms. The molecule has 0 amide bonds. The molecule has 2 N–H and O–H groups in total. The second kappa shape index (κ2) is 20.3. The van der Waals surface area contributed by atoms with Crippen molar-refractivity contribution >= 4 is 0 Å². The van der Waals surface area contributed by atoms with E-state index in [1.807, 2.05) is 6.92 Å². The Labute approximate surface area is 259 Å². The summed E-state index contributed by atoms with van der Waals surface area (Å²) in [7, 11) is 0. The Morgan fingerprint density at radius 1 is 0.857 bits per heavy atom. The molecule has 0 spiro atoms. The number of allylic oxidation sites excluding steroid dienone is 18. The predicted molar refractivity (Wildman–Crippen MR) is 186 cm³/mol. The van der Waals surface area contributed by atoms with Crippen molar-refractivity contribution in [2.45, 2.75) is 113 Å². The highest BCUT2D eigenvalue weighted by Crippen LogP contribution is 2.41. The molecule has 1 rings (SSSR count). The minimum absolute atomic E-state index is 0.0115. The monoisotopic (exact) mass is 572 g/mol. The van der Waals surface area contributed by atoms with Crippen molar-refractivity contribution in [1.29, 1.82) is 0 Å². The second-order valence-corrected chi connectivity index (χ2v) is 13.1. The Kier molecular flexibility index (Phi) is 18.0. The lowest BCUT2D eigenvalue weighted by Gasteiger charge is -2.35. The van der Waals surface area contributed by atoms with Crippen molar-refractivity contribution in [3.63, 3.8) is 0 Å². The van der Waals surface area contributed by atoms with Crippen LogP contribution in [0.4, 0.5) is 0 Å². The summed E-state index contributed by atoms with van der Waals surface area (Å²) in [5, 5.41) is 19.2. The first-order valence-corrected chi connectivity index (χ1v) is 15.9. The van der Waals surface area contributed by atoms with Gasteiger partial charge >= 0.3 is 0 Å². The maximum absolute atomic E-state index is 10.1. The van der Waals surface area contributed by atoms with Crippen LogP contribution in [-0.4, -0.2) is 22.9 Å². The lowest BCUT2D eigenvalue weighted by atomic mass is 9.71. The molecule has 1 aliphatic rings. The predicted octanol–water partition coefficient (Wildman–Crippen LogP) is 11.0. The van der Waals surface area contributed by atoms with Crippen molar-refractivity contribution in [2.24, 2.45) is 11.3 Å². The van der Waals surface area contributed by atoms with Gasteiger partial charge in [-0.15, -0.1) is 0 Å². The summed E-state index contributed by atoms with van der Waals surface area (Å²) in [6.45, 7) is 19.7. The van der Waals surface area contributed by atoms with E-state index in [4.69, 9.17) is 5.11 Å². The summed E-state index contributed by atoms with van der Waals surface area (Å²) in [5.74, 6) is 0.671. The van der Waals surface area contributed by atoms with Crippen LogP contribution in [0.15, 0.2) is 118 Å². The average molecular weight is 573 g/mol. The zero-order valence-electron chi connectivity index (χ0n) is 28.2. The van der Waals surface area contributed by atoms with Gasteiger partial charge in [-0.1, -0.05) is 133 Å². The van der Waals surface area contributed by atoms with Gasteiger partial charge in [0.05, 0.1) is 12.7 Å². The molecule has 0 fully saturated rings. The topological polar surface area (TPSA) is 40.5 Å². The Hall–Kier alpha value is -2.68. The van der Waals surface area contributed by atoms with Gasteiger partial charge in [0.15, 0.2) is 0 Å². The van der Waals surface area contributed by atoms with Gasteiger partial charge in [-0.2, -0.15) is 0 Å². The fourth-order valence-electron chi connectivity index (χ4n) is 5.26. The standard InChI is InChI=1S/C40H60O2/c1-31(18-12-20-33(3)21-13-22-34(4)23-15-25-36(6)30-41)16-10-11-17-32(2)19-14-24-35(5)26-27-39-37(7)28-38(42)29-40(39,8)9/h10-12,14,16-19,22,24-27,33,38,41-42H,13,15,20-21,23,28-30H2,1-9H3/b11-10+,18-12+,19-14+,27-26+,31-16+,32-17+,34-22+,35-24+,36-25-. The molecule has 0 radical (unpaired) electrons. The van der Waals surface area contributed by atoms with Gasteiger partial charge in [-0.25, -0.2) is 0 Å². The van der Waals surface area contributed by atoms with E-state index >= 15 is 0 Å². The van der Waals surface area contributed by atoms with Crippen molar-refractivity contribution in [3.8, 4) is 0 Å². The summed E-state index contributed by atoms with van der Waals surface area (Å²) in [5.41, 5.74) is 8.83. The van der Waals surface area contributed by atoms with Crippen LogP contribution in [0, 0.1) is 11.3 Å². The number of aliphatic hydroxyl groups is 2. The molecular formula is C40H60O2. The quantitative estimate of drug-likeness (QED) is 0.143. The molecule has 0 aliphatic heterocycles. The van der Waals surface area contributed by atoms with Crippen LogP contribution in [0.25, 0.3) is 0 Å². The molecule has 0 saturated carbocycles. The average Bonchev–Trinajstić information content (AvgIpc) is 2.89. The van der Waals surface area contributed by atoms with Crippen LogP contribution in [0.3, 0.4) is 0 Å². The molecule has 2 atom stereocenters. The summed E-state index contributed by atoms with van der Waals surface area (Å²) >= 11 is 0. The van der Waals surface area contributed by atoms with Crippen LogP contribution >= 0.6 is 0 Å². The summed E-state index contributed by atoms with van der Waals surface area (Å²) < 4.78 is 0. The molecule has 2 heteroatoms. The molecular weight excluding hydrogens is 512 g/mol. The van der Waals surface area contributed by atoms with Gasteiger partial charge in [-0.3, -0.25) is 0 Å². The number of rotatable bonds is 16. The van der Waals surface area contributed by atoms with Crippen LogP contribution in [-0.2, 0) is 0 Å².